The van der Waals surface area contributed by atoms with Gasteiger partial charge in [-0.05, 0) is 19.4 Å². The number of carbonyl (C=O) groups excluding carboxylic acids is 1. The van der Waals surface area contributed by atoms with Gasteiger partial charge in [-0.25, -0.2) is 22.7 Å². The van der Waals surface area contributed by atoms with Gasteiger partial charge in [-0.2, -0.15) is 0 Å². The summed E-state index contributed by atoms with van der Waals surface area (Å²) in [5.41, 5.74) is 0. The van der Waals surface area contributed by atoms with E-state index < -0.39 is 28.1 Å². The highest BCUT2D eigenvalue weighted by molar-refractivity contribution is 7.89. The Morgan fingerprint density at radius 3 is 2.26 bits per heavy atom. The van der Waals surface area contributed by atoms with Crippen molar-refractivity contribution in [3.63, 3.8) is 0 Å². The molecule has 0 aromatic heterocycles. The number of carbonyl (C=O) groups is 2. The van der Waals surface area contributed by atoms with Crippen molar-refractivity contribution in [1.82, 2.24) is 15.4 Å². The summed E-state index contributed by atoms with van der Waals surface area (Å²) in [6, 6.07) is -1.68. The Bertz CT molecular complexity index is 407. The molecule has 0 aliphatic rings. The lowest BCUT2D eigenvalue weighted by atomic mass is 10.0. The Hall–Kier alpha value is -1.35. The highest BCUT2D eigenvalue weighted by atomic mass is 32.2. The van der Waals surface area contributed by atoms with Gasteiger partial charge in [-0.3, -0.25) is 0 Å². The minimum atomic E-state index is -3.39. The van der Waals surface area contributed by atoms with Gasteiger partial charge in [0, 0.05) is 6.54 Å². The first-order chi connectivity index (χ1) is 8.68. The fraction of sp³-hybridized carbons (Fsp3) is 0.800. The topological polar surface area (TPSA) is 125 Å². The summed E-state index contributed by atoms with van der Waals surface area (Å²) in [5, 5.41) is 13.5. The number of amides is 2. The molecule has 0 bridgehead atoms. The molecule has 8 nitrogen and oxygen atoms in total. The molecule has 0 unspecified atom stereocenters. The van der Waals surface area contributed by atoms with E-state index in [9.17, 15) is 18.0 Å². The predicted octanol–water partition coefficient (Wildman–Crippen LogP) is -0.666. The highest BCUT2D eigenvalue weighted by Crippen LogP contribution is 2.04. The summed E-state index contributed by atoms with van der Waals surface area (Å²) in [7, 11) is -2.11. The second-order valence-corrected chi connectivity index (χ2v) is 6.49. The van der Waals surface area contributed by atoms with Crippen LogP contribution in [-0.4, -0.2) is 50.9 Å². The molecule has 0 radical (unpaired) electrons. The molecule has 112 valence electrons. The van der Waals surface area contributed by atoms with Crippen LogP contribution in [0.1, 0.15) is 20.3 Å². The second-order valence-electron chi connectivity index (χ2n) is 4.44. The quantitative estimate of drug-likeness (QED) is 0.473. The number of carboxylic acids is 1. The van der Waals surface area contributed by atoms with Crippen molar-refractivity contribution in [2.45, 2.75) is 26.3 Å². The fourth-order valence-corrected chi connectivity index (χ4v) is 1.88. The second kappa shape index (κ2) is 7.95. The molecule has 0 aliphatic heterocycles. The third kappa shape index (κ3) is 8.38. The largest absolute Gasteiger partial charge is 0.480 e. The Kier molecular flexibility index (Phi) is 7.38. The minimum absolute atomic E-state index is 0.0942. The van der Waals surface area contributed by atoms with E-state index >= 15 is 0 Å². The summed E-state index contributed by atoms with van der Waals surface area (Å²) in [4.78, 5) is 22.3. The average molecular weight is 295 g/mol. The number of sulfonamides is 1. The van der Waals surface area contributed by atoms with Gasteiger partial charge in [0.15, 0.2) is 0 Å². The van der Waals surface area contributed by atoms with Gasteiger partial charge in [0.25, 0.3) is 0 Å². The molecule has 0 aromatic carbocycles. The molecule has 2 amide bonds. The van der Waals surface area contributed by atoms with Gasteiger partial charge in [-0.1, -0.05) is 13.8 Å². The van der Waals surface area contributed by atoms with Crippen LogP contribution in [-0.2, 0) is 14.8 Å². The van der Waals surface area contributed by atoms with Crippen LogP contribution < -0.4 is 15.4 Å². The van der Waals surface area contributed by atoms with Gasteiger partial charge in [-0.15, -0.1) is 0 Å². The summed E-state index contributed by atoms with van der Waals surface area (Å²) >= 11 is 0. The Morgan fingerprint density at radius 2 is 1.84 bits per heavy atom. The summed E-state index contributed by atoms with van der Waals surface area (Å²) in [5.74, 6) is -1.27. The summed E-state index contributed by atoms with van der Waals surface area (Å²) < 4.78 is 24.3. The number of urea groups is 1. The minimum Gasteiger partial charge on any atom is -0.480 e. The number of hydrogen-bond donors (Lipinski definition) is 4. The van der Waals surface area contributed by atoms with Gasteiger partial charge < -0.3 is 15.7 Å². The van der Waals surface area contributed by atoms with Crippen LogP contribution in [0.2, 0.25) is 0 Å². The summed E-state index contributed by atoms with van der Waals surface area (Å²) in [6.07, 6.45) is 0.303. The van der Waals surface area contributed by atoms with E-state index in [1.807, 2.05) is 13.8 Å². The van der Waals surface area contributed by atoms with E-state index in [4.69, 9.17) is 5.11 Å². The van der Waals surface area contributed by atoms with Crippen molar-refractivity contribution in [3.05, 3.63) is 0 Å². The Balaban J connectivity index is 4.18. The maximum Gasteiger partial charge on any atom is 0.326 e. The normalized spacial score (nSPS) is 13.1. The van der Waals surface area contributed by atoms with Crippen molar-refractivity contribution >= 4 is 22.0 Å². The fourth-order valence-electron chi connectivity index (χ4n) is 1.30. The molecular formula is C10H21N3O5S. The Labute approximate surface area is 113 Å². The molecule has 9 heteroatoms. The average Bonchev–Trinajstić information content (AvgIpc) is 2.27. The van der Waals surface area contributed by atoms with Crippen LogP contribution in [0.5, 0.6) is 0 Å². The molecule has 0 spiro atoms. The molecule has 1 atom stereocenters. The van der Waals surface area contributed by atoms with Gasteiger partial charge in [0.1, 0.15) is 6.04 Å². The van der Waals surface area contributed by atoms with Crippen molar-refractivity contribution in [2.75, 3.05) is 19.3 Å². The molecule has 0 aliphatic carbocycles. The standard InChI is InChI=1S/C10H21N3O5S/c1-7(2)6-8(9(14)15)13-10(16)12-4-5-19(17,18)11-3/h7-8,11H,4-6H2,1-3H3,(H,14,15)(H2,12,13,16)/t8-/m1/s1. The zero-order valence-electron chi connectivity index (χ0n) is 11.3. The number of nitrogens with one attached hydrogen (secondary N) is 3. The van der Waals surface area contributed by atoms with Crippen LogP contribution in [0, 0.1) is 5.92 Å². The van der Waals surface area contributed by atoms with Crippen LogP contribution >= 0.6 is 0 Å². The number of aliphatic carboxylic acids is 1. The van der Waals surface area contributed by atoms with E-state index in [1.165, 1.54) is 7.05 Å². The smallest absolute Gasteiger partial charge is 0.326 e. The molecule has 0 saturated heterocycles. The molecule has 4 N–H and O–H groups in total. The zero-order chi connectivity index (χ0) is 15.1. The monoisotopic (exact) mass is 295 g/mol. The SMILES string of the molecule is CNS(=O)(=O)CCNC(=O)N[C@H](CC(C)C)C(=O)O. The van der Waals surface area contributed by atoms with E-state index in [2.05, 4.69) is 15.4 Å². The van der Waals surface area contributed by atoms with Gasteiger partial charge in [0.05, 0.1) is 5.75 Å². The van der Waals surface area contributed by atoms with Crippen molar-refractivity contribution in [2.24, 2.45) is 5.92 Å². The van der Waals surface area contributed by atoms with Crippen molar-refractivity contribution in [3.8, 4) is 0 Å². The van der Waals surface area contributed by atoms with Crippen LogP contribution in [0.4, 0.5) is 4.79 Å². The van der Waals surface area contributed by atoms with E-state index in [0.29, 0.717) is 6.42 Å². The maximum absolute atomic E-state index is 11.4. The molecule has 0 rings (SSSR count). The van der Waals surface area contributed by atoms with E-state index in [1.54, 1.807) is 0 Å². The Morgan fingerprint density at radius 1 is 1.26 bits per heavy atom. The first-order valence-electron chi connectivity index (χ1n) is 5.86. The van der Waals surface area contributed by atoms with Crippen LogP contribution in [0.3, 0.4) is 0 Å². The first kappa shape index (κ1) is 17.6. The predicted molar refractivity (Wildman–Crippen MR) is 70.3 cm³/mol. The molecule has 0 heterocycles. The number of hydrogen-bond acceptors (Lipinski definition) is 4. The van der Waals surface area contributed by atoms with E-state index in [0.717, 1.165) is 0 Å². The van der Waals surface area contributed by atoms with Crippen LogP contribution in [0.25, 0.3) is 0 Å². The van der Waals surface area contributed by atoms with E-state index in [-0.39, 0.29) is 18.2 Å². The summed E-state index contributed by atoms with van der Waals surface area (Å²) in [6.45, 7) is 3.59. The van der Waals surface area contributed by atoms with Crippen LogP contribution in [0.15, 0.2) is 0 Å². The lowest BCUT2D eigenvalue weighted by Crippen LogP contribution is -2.47. The molecule has 0 fully saturated rings. The third-order valence-corrected chi connectivity index (χ3v) is 3.64. The lowest BCUT2D eigenvalue weighted by molar-refractivity contribution is -0.139. The van der Waals surface area contributed by atoms with Crippen molar-refractivity contribution in [1.29, 1.82) is 0 Å². The molecular weight excluding hydrogens is 274 g/mol. The first-order valence-corrected chi connectivity index (χ1v) is 7.51. The maximum atomic E-state index is 11.4. The zero-order valence-corrected chi connectivity index (χ0v) is 12.1. The van der Waals surface area contributed by atoms with Gasteiger partial charge in [0.2, 0.25) is 10.0 Å². The molecule has 0 aromatic rings. The van der Waals surface area contributed by atoms with Gasteiger partial charge >= 0.3 is 12.0 Å². The molecule has 19 heavy (non-hydrogen) atoms. The third-order valence-electron chi connectivity index (χ3n) is 2.28. The highest BCUT2D eigenvalue weighted by Gasteiger charge is 2.20. The molecule has 0 saturated carbocycles. The van der Waals surface area contributed by atoms with Crippen molar-refractivity contribution < 1.29 is 23.1 Å². The number of rotatable bonds is 8. The number of carboxylic acid groups (broad SMARTS) is 1. The lowest BCUT2D eigenvalue weighted by Gasteiger charge is -2.16.